The third-order valence-corrected chi connectivity index (χ3v) is 7.09. The molecule has 1 saturated carbocycles. The summed E-state index contributed by atoms with van der Waals surface area (Å²) < 4.78 is 15.5. The molecule has 2 heterocycles. The van der Waals surface area contributed by atoms with Crippen molar-refractivity contribution in [1.82, 2.24) is 20.0 Å². The Morgan fingerprint density at radius 3 is 2.69 bits per heavy atom. The van der Waals surface area contributed by atoms with Crippen molar-refractivity contribution in [3.8, 4) is 0 Å². The van der Waals surface area contributed by atoms with E-state index in [1.54, 1.807) is 6.07 Å². The number of likely N-dealkylation sites (tertiary alicyclic amines) is 1. The Morgan fingerprint density at radius 2 is 1.97 bits per heavy atom. The van der Waals surface area contributed by atoms with Gasteiger partial charge in [-0.2, -0.15) is 5.10 Å². The average Bonchev–Trinajstić information content (AvgIpc) is 3.35. The van der Waals surface area contributed by atoms with Crippen LogP contribution in [0.15, 0.2) is 36.4 Å². The highest BCUT2D eigenvalue weighted by atomic mass is 35.5. The zero-order valence-electron chi connectivity index (χ0n) is 19.2. The number of halogens is 2. The van der Waals surface area contributed by atoms with Crippen molar-refractivity contribution in [3.63, 3.8) is 0 Å². The SMILES string of the molecule is CC(=O)c1nn(CC(=O)N2[C@@H]3C[C@@H]3C[C@H]2C(=O)NCc2cccc(Cl)c2F)c2cc(C(=O)O)ccc12. The van der Waals surface area contributed by atoms with E-state index in [0.717, 1.165) is 6.42 Å². The summed E-state index contributed by atoms with van der Waals surface area (Å²) in [5.74, 6) is -2.61. The molecule has 5 rings (SSSR count). The molecule has 1 saturated heterocycles. The number of Topliss-reactive ketones (excluding diaryl/α,β-unsaturated/α-hetero) is 1. The Labute approximate surface area is 209 Å². The van der Waals surface area contributed by atoms with Gasteiger partial charge in [-0.1, -0.05) is 23.7 Å². The van der Waals surface area contributed by atoms with E-state index >= 15 is 0 Å². The number of hydrogen-bond acceptors (Lipinski definition) is 5. The topological polar surface area (TPSA) is 122 Å². The number of carboxylic acid groups (broad SMARTS) is 1. The number of hydrogen-bond donors (Lipinski definition) is 2. The first-order valence-corrected chi connectivity index (χ1v) is 11.8. The summed E-state index contributed by atoms with van der Waals surface area (Å²) in [6, 6.07) is 8.00. The molecular weight excluding hydrogens is 491 g/mol. The second-order valence-electron chi connectivity index (χ2n) is 9.15. The predicted octanol–water partition coefficient (Wildman–Crippen LogP) is 3.04. The first-order chi connectivity index (χ1) is 17.2. The van der Waals surface area contributed by atoms with Gasteiger partial charge >= 0.3 is 5.97 Å². The minimum absolute atomic E-state index is 0.000123. The standard InChI is InChI=1S/C25H22ClFN4O5/c1-12(32)23-16-6-5-13(25(35)36)7-19(16)30(29-23)11-21(33)31-18-8-15(18)9-20(31)24(34)28-10-14-3-2-4-17(26)22(14)27/h2-7,15,18,20H,8-11H2,1H3,(H,28,34)(H,35,36)/t15-,18-,20+/m1/s1. The minimum atomic E-state index is -1.14. The van der Waals surface area contributed by atoms with Gasteiger partial charge < -0.3 is 15.3 Å². The molecule has 1 aliphatic heterocycles. The fraction of sp³-hybridized carbons (Fsp3) is 0.320. The number of piperidine rings is 1. The lowest BCUT2D eigenvalue weighted by Gasteiger charge is -2.27. The number of aromatic carboxylic acids is 1. The molecule has 3 atom stereocenters. The molecule has 2 amide bonds. The zero-order valence-corrected chi connectivity index (χ0v) is 20.0. The molecule has 2 N–H and O–H groups in total. The van der Waals surface area contributed by atoms with Crippen molar-refractivity contribution >= 4 is 46.1 Å². The van der Waals surface area contributed by atoms with Crippen LogP contribution in [0.5, 0.6) is 0 Å². The monoisotopic (exact) mass is 512 g/mol. The Balaban J connectivity index is 1.37. The summed E-state index contributed by atoms with van der Waals surface area (Å²) in [6.45, 7) is 1.02. The number of ketones is 1. The van der Waals surface area contributed by atoms with Crippen LogP contribution in [0.2, 0.25) is 5.02 Å². The van der Waals surface area contributed by atoms with E-state index in [1.165, 1.54) is 46.8 Å². The molecule has 0 radical (unpaired) electrons. The summed E-state index contributed by atoms with van der Waals surface area (Å²) in [5, 5.41) is 16.7. The third-order valence-electron chi connectivity index (χ3n) is 6.80. The van der Waals surface area contributed by atoms with Crippen LogP contribution in [0, 0.1) is 11.7 Å². The third kappa shape index (κ3) is 4.21. The van der Waals surface area contributed by atoms with Crippen molar-refractivity contribution in [3.05, 3.63) is 64.1 Å². The number of carbonyl (C=O) groups is 4. The number of rotatable bonds is 7. The van der Waals surface area contributed by atoms with Crippen LogP contribution < -0.4 is 5.32 Å². The summed E-state index contributed by atoms with van der Waals surface area (Å²) in [4.78, 5) is 51.4. The maximum atomic E-state index is 14.2. The van der Waals surface area contributed by atoms with Crippen LogP contribution in [0.1, 0.15) is 46.2 Å². The van der Waals surface area contributed by atoms with Crippen LogP contribution in [0.4, 0.5) is 4.39 Å². The molecule has 11 heteroatoms. The van der Waals surface area contributed by atoms with Gasteiger partial charge in [0.2, 0.25) is 11.8 Å². The number of fused-ring (bicyclic) bond motifs is 2. The van der Waals surface area contributed by atoms with Gasteiger partial charge in [0.15, 0.2) is 5.78 Å². The maximum Gasteiger partial charge on any atom is 0.335 e. The van der Waals surface area contributed by atoms with E-state index in [0.29, 0.717) is 17.3 Å². The van der Waals surface area contributed by atoms with Crippen LogP contribution in [0.3, 0.4) is 0 Å². The first kappa shape index (κ1) is 23.9. The largest absolute Gasteiger partial charge is 0.478 e. The number of amides is 2. The van der Waals surface area contributed by atoms with Crippen molar-refractivity contribution in [2.75, 3.05) is 0 Å². The van der Waals surface area contributed by atoms with Gasteiger partial charge in [-0.25, -0.2) is 9.18 Å². The number of carbonyl (C=O) groups excluding carboxylic acids is 3. The molecular formula is C25H22ClFN4O5. The van der Waals surface area contributed by atoms with Gasteiger partial charge in [0, 0.05) is 30.5 Å². The average molecular weight is 513 g/mol. The van der Waals surface area contributed by atoms with Gasteiger partial charge in [0.05, 0.1) is 16.1 Å². The molecule has 9 nitrogen and oxygen atoms in total. The molecule has 1 aliphatic carbocycles. The highest BCUT2D eigenvalue weighted by molar-refractivity contribution is 6.30. The second kappa shape index (κ2) is 9.02. The number of nitrogens with one attached hydrogen (secondary N) is 1. The van der Waals surface area contributed by atoms with Crippen molar-refractivity contribution in [2.24, 2.45) is 5.92 Å². The number of benzene rings is 2. The predicted molar refractivity (Wildman–Crippen MR) is 127 cm³/mol. The van der Waals surface area contributed by atoms with Crippen molar-refractivity contribution in [2.45, 2.75) is 44.9 Å². The lowest BCUT2D eigenvalue weighted by Crippen LogP contribution is -2.48. The van der Waals surface area contributed by atoms with E-state index in [2.05, 4.69) is 10.4 Å². The van der Waals surface area contributed by atoms with Crippen LogP contribution in [0.25, 0.3) is 10.9 Å². The van der Waals surface area contributed by atoms with E-state index in [-0.39, 0.29) is 58.6 Å². The lowest BCUT2D eigenvalue weighted by atomic mass is 10.1. The summed E-state index contributed by atoms with van der Waals surface area (Å²) in [6.07, 6.45) is 1.29. The normalized spacial score (nSPS) is 20.3. The van der Waals surface area contributed by atoms with Gasteiger partial charge in [-0.3, -0.25) is 19.1 Å². The summed E-state index contributed by atoms with van der Waals surface area (Å²) >= 11 is 5.81. The molecule has 1 aromatic heterocycles. The first-order valence-electron chi connectivity index (χ1n) is 11.4. The van der Waals surface area contributed by atoms with Crippen LogP contribution in [-0.2, 0) is 22.7 Å². The quantitative estimate of drug-likeness (QED) is 0.469. The molecule has 0 bridgehead atoms. The van der Waals surface area contributed by atoms with Crippen molar-refractivity contribution < 1.29 is 28.7 Å². The molecule has 2 aliphatic rings. The van der Waals surface area contributed by atoms with Gasteiger partial charge in [0.1, 0.15) is 24.1 Å². The molecule has 186 valence electrons. The van der Waals surface area contributed by atoms with Gasteiger partial charge in [0.25, 0.3) is 0 Å². The van der Waals surface area contributed by atoms with E-state index in [4.69, 9.17) is 11.6 Å². The maximum absolute atomic E-state index is 14.2. The molecule has 0 unspecified atom stereocenters. The number of aromatic nitrogens is 2. The summed E-state index contributed by atoms with van der Waals surface area (Å²) in [7, 11) is 0. The van der Waals surface area contributed by atoms with E-state index in [9.17, 15) is 28.7 Å². The molecule has 3 aromatic rings. The minimum Gasteiger partial charge on any atom is -0.478 e. The smallest absolute Gasteiger partial charge is 0.335 e. The van der Waals surface area contributed by atoms with E-state index in [1.807, 2.05) is 0 Å². The Morgan fingerprint density at radius 1 is 1.19 bits per heavy atom. The lowest BCUT2D eigenvalue weighted by molar-refractivity contribution is -0.140. The number of carboxylic acids is 1. The Bertz CT molecular complexity index is 1440. The Kier molecular flexibility index (Phi) is 5.99. The van der Waals surface area contributed by atoms with Gasteiger partial charge in [-0.15, -0.1) is 0 Å². The fourth-order valence-corrected chi connectivity index (χ4v) is 5.13. The molecule has 2 aromatic carbocycles. The summed E-state index contributed by atoms with van der Waals surface area (Å²) in [5.41, 5.74) is 0.724. The second-order valence-corrected chi connectivity index (χ2v) is 9.55. The van der Waals surface area contributed by atoms with Crippen LogP contribution >= 0.6 is 11.6 Å². The highest BCUT2D eigenvalue weighted by Gasteiger charge is 2.56. The van der Waals surface area contributed by atoms with Crippen LogP contribution in [-0.4, -0.2) is 55.4 Å². The number of nitrogens with zero attached hydrogens (tertiary/aromatic N) is 3. The van der Waals surface area contributed by atoms with Gasteiger partial charge in [-0.05, 0) is 43.0 Å². The zero-order chi connectivity index (χ0) is 25.7. The fourth-order valence-electron chi connectivity index (χ4n) is 4.93. The molecule has 0 spiro atoms. The molecule has 2 fully saturated rings. The highest BCUT2D eigenvalue weighted by Crippen LogP contribution is 2.48. The Hall–Kier alpha value is -3.79. The molecule has 36 heavy (non-hydrogen) atoms. The van der Waals surface area contributed by atoms with Crippen molar-refractivity contribution in [1.29, 1.82) is 0 Å². The van der Waals surface area contributed by atoms with E-state index < -0.39 is 23.7 Å².